The lowest BCUT2D eigenvalue weighted by Gasteiger charge is -2.28. The van der Waals surface area contributed by atoms with Gasteiger partial charge in [0.25, 0.3) is 11.8 Å². The number of hydrogen-bond donors (Lipinski definition) is 0. The molecule has 3 aromatic rings. The average molecular weight is 499 g/mol. The van der Waals surface area contributed by atoms with E-state index in [-0.39, 0.29) is 11.8 Å². The topological polar surface area (TPSA) is 65.3 Å². The second kappa shape index (κ2) is 9.36. The number of rotatable bonds is 5. The molecule has 36 heavy (non-hydrogen) atoms. The first-order valence-electron chi connectivity index (χ1n) is 11.9. The highest BCUT2D eigenvalue weighted by atomic mass is 35.5. The Labute approximate surface area is 215 Å². The van der Waals surface area contributed by atoms with E-state index in [1.54, 1.807) is 6.07 Å². The third kappa shape index (κ3) is 4.22. The molecule has 0 fully saturated rings. The summed E-state index contributed by atoms with van der Waals surface area (Å²) in [5, 5.41) is 12.7. The molecule has 0 saturated heterocycles. The van der Waals surface area contributed by atoms with Crippen molar-refractivity contribution in [2.75, 3.05) is 10.0 Å². The molecule has 0 aromatic heterocycles. The number of anilines is 2. The third-order valence-electron chi connectivity index (χ3n) is 6.87. The van der Waals surface area contributed by atoms with E-state index < -0.39 is 17.8 Å². The van der Waals surface area contributed by atoms with Crippen LogP contribution in [0.25, 0.3) is 0 Å². The fourth-order valence-corrected chi connectivity index (χ4v) is 5.22. The SMILES string of the molecule is CC1=NN(c2ccc(C)cc2)C(=O)C1C(c1cccc(Cl)c1)C1C(=O)N(c2ccc(C)cc2)N=C1C. The molecule has 7 heteroatoms. The molecule has 6 nitrogen and oxygen atoms in total. The summed E-state index contributed by atoms with van der Waals surface area (Å²) in [5.41, 5.74) is 5.70. The Kier molecular flexibility index (Phi) is 6.22. The third-order valence-corrected chi connectivity index (χ3v) is 7.11. The number of benzene rings is 3. The van der Waals surface area contributed by atoms with Crippen molar-refractivity contribution >= 4 is 46.2 Å². The van der Waals surface area contributed by atoms with E-state index in [4.69, 9.17) is 11.6 Å². The Balaban J connectivity index is 1.56. The van der Waals surface area contributed by atoms with Crippen molar-refractivity contribution in [3.05, 3.63) is 94.5 Å². The van der Waals surface area contributed by atoms with Crippen molar-refractivity contribution in [3.8, 4) is 0 Å². The fourth-order valence-electron chi connectivity index (χ4n) is 5.02. The molecule has 2 amide bonds. The van der Waals surface area contributed by atoms with Gasteiger partial charge in [-0.15, -0.1) is 0 Å². The minimum absolute atomic E-state index is 0.171. The van der Waals surface area contributed by atoms with E-state index in [1.807, 2.05) is 94.4 Å². The lowest BCUT2D eigenvalue weighted by Crippen LogP contribution is -2.40. The summed E-state index contributed by atoms with van der Waals surface area (Å²) < 4.78 is 0. The smallest absolute Gasteiger partial charge is 0.256 e. The van der Waals surface area contributed by atoms with Crippen LogP contribution in [0.3, 0.4) is 0 Å². The Bertz CT molecular complexity index is 1310. The van der Waals surface area contributed by atoms with Crippen LogP contribution in [0.5, 0.6) is 0 Å². The molecule has 0 aliphatic carbocycles. The van der Waals surface area contributed by atoms with E-state index in [2.05, 4.69) is 10.2 Å². The summed E-state index contributed by atoms with van der Waals surface area (Å²) in [7, 11) is 0. The highest BCUT2D eigenvalue weighted by Gasteiger charge is 2.50. The number of carbonyl (C=O) groups excluding carboxylic acids is 2. The van der Waals surface area contributed by atoms with Crippen molar-refractivity contribution in [3.63, 3.8) is 0 Å². The highest BCUT2D eigenvalue weighted by Crippen LogP contribution is 2.43. The van der Waals surface area contributed by atoms with Gasteiger partial charge in [-0.3, -0.25) is 9.59 Å². The Morgan fingerprint density at radius 3 is 1.56 bits per heavy atom. The van der Waals surface area contributed by atoms with Crippen LogP contribution < -0.4 is 10.0 Å². The summed E-state index contributed by atoms with van der Waals surface area (Å²) in [6, 6.07) is 22.7. The number of hydrogen-bond acceptors (Lipinski definition) is 4. The zero-order valence-electron chi connectivity index (χ0n) is 20.6. The van der Waals surface area contributed by atoms with Crippen molar-refractivity contribution < 1.29 is 9.59 Å². The lowest BCUT2D eigenvalue weighted by atomic mass is 9.73. The van der Waals surface area contributed by atoms with Crippen molar-refractivity contribution in [1.29, 1.82) is 0 Å². The minimum Gasteiger partial charge on any atom is -0.272 e. The normalized spacial score (nSPS) is 20.6. The number of amides is 2. The van der Waals surface area contributed by atoms with Gasteiger partial charge in [0.1, 0.15) is 0 Å². The molecule has 2 unspecified atom stereocenters. The van der Waals surface area contributed by atoms with E-state index in [0.29, 0.717) is 27.8 Å². The molecule has 2 aliphatic heterocycles. The summed E-state index contributed by atoms with van der Waals surface area (Å²) >= 11 is 6.38. The molecular weight excluding hydrogens is 472 g/mol. The van der Waals surface area contributed by atoms with Crippen molar-refractivity contribution in [1.82, 2.24) is 0 Å². The maximum Gasteiger partial charge on any atom is 0.256 e. The van der Waals surface area contributed by atoms with Crippen LogP contribution in [-0.2, 0) is 9.59 Å². The molecule has 0 bridgehead atoms. The molecule has 5 rings (SSSR count). The zero-order chi connectivity index (χ0) is 25.6. The molecule has 2 atom stereocenters. The first-order chi connectivity index (χ1) is 17.2. The van der Waals surface area contributed by atoms with Gasteiger partial charge in [-0.1, -0.05) is 59.1 Å². The molecule has 0 N–H and O–H groups in total. The number of carbonyl (C=O) groups is 2. The van der Waals surface area contributed by atoms with Crippen LogP contribution in [0.1, 0.15) is 36.5 Å². The number of nitrogens with zero attached hydrogens (tertiary/aromatic N) is 4. The van der Waals surface area contributed by atoms with E-state index >= 15 is 0 Å². The summed E-state index contributed by atoms with van der Waals surface area (Å²) in [5.74, 6) is -2.13. The molecule has 0 saturated carbocycles. The van der Waals surface area contributed by atoms with Gasteiger partial charge >= 0.3 is 0 Å². The minimum atomic E-state index is -0.637. The number of hydrazone groups is 2. The summed E-state index contributed by atoms with van der Waals surface area (Å²) in [6.07, 6.45) is 0. The summed E-state index contributed by atoms with van der Waals surface area (Å²) in [6.45, 7) is 7.68. The molecule has 0 radical (unpaired) electrons. The van der Waals surface area contributed by atoms with Crippen LogP contribution >= 0.6 is 11.6 Å². The van der Waals surface area contributed by atoms with Crippen LogP contribution in [0.2, 0.25) is 5.02 Å². The average Bonchev–Trinajstić information content (AvgIpc) is 3.31. The quantitative estimate of drug-likeness (QED) is 0.425. The van der Waals surface area contributed by atoms with Gasteiger partial charge in [-0.25, -0.2) is 10.0 Å². The first-order valence-corrected chi connectivity index (χ1v) is 12.3. The molecule has 0 spiro atoms. The predicted molar refractivity (Wildman–Crippen MR) is 145 cm³/mol. The fraction of sp³-hybridized carbons (Fsp3) is 0.241. The predicted octanol–water partition coefficient (Wildman–Crippen LogP) is 6.12. The first kappa shape index (κ1) is 23.9. The molecule has 182 valence electrons. The highest BCUT2D eigenvalue weighted by molar-refractivity contribution is 6.30. The van der Waals surface area contributed by atoms with Crippen molar-refractivity contribution in [2.45, 2.75) is 33.6 Å². The van der Waals surface area contributed by atoms with Crippen molar-refractivity contribution in [2.24, 2.45) is 22.0 Å². The van der Waals surface area contributed by atoms with Gasteiger partial charge in [-0.05, 0) is 69.7 Å². The van der Waals surface area contributed by atoms with Crippen LogP contribution in [-0.4, -0.2) is 23.2 Å². The van der Waals surface area contributed by atoms with Crippen LogP contribution in [0.4, 0.5) is 11.4 Å². The van der Waals surface area contributed by atoms with Gasteiger partial charge in [-0.2, -0.15) is 10.2 Å². The number of halogens is 1. The second-order valence-electron chi connectivity index (χ2n) is 9.49. The molecule has 2 heterocycles. The van der Waals surface area contributed by atoms with Gasteiger partial charge in [0.15, 0.2) is 0 Å². The zero-order valence-corrected chi connectivity index (χ0v) is 21.4. The Morgan fingerprint density at radius 1 is 0.694 bits per heavy atom. The van der Waals surface area contributed by atoms with E-state index in [0.717, 1.165) is 16.7 Å². The standard InChI is InChI=1S/C29H27ClN4O2/c1-17-8-12-23(13-9-17)33-28(35)25(19(3)31-33)27(21-6-5-7-22(30)16-21)26-20(4)32-34(29(26)36)24-14-10-18(2)11-15-24/h5-16,25-27H,1-4H3. The Morgan fingerprint density at radius 2 is 1.14 bits per heavy atom. The van der Waals surface area contributed by atoms with E-state index in [1.165, 1.54) is 10.0 Å². The molecular formula is C29H27ClN4O2. The van der Waals surface area contributed by atoms with Crippen LogP contribution in [0.15, 0.2) is 83.0 Å². The van der Waals surface area contributed by atoms with Gasteiger partial charge in [0, 0.05) is 22.4 Å². The van der Waals surface area contributed by atoms with Crippen LogP contribution in [0, 0.1) is 25.7 Å². The number of aryl methyl sites for hydroxylation is 2. The largest absolute Gasteiger partial charge is 0.272 e. The van der Waals surface area contributed by atoms with Gasteiger partial charge < -0.3 is 0 Å². The lowest BCUT2D eigenvalue weighted by molar-refractivity contribution is -0.122. The molecule has 2 aliphatic rings. The van der Waals surface area contributed by atoms with Gasteiger partial charge in [0.2, 0.25) is 0 Å². The second-order valence-corrected chi connectivity index (χ2v) is 9.93. The van der Waals surface area contributed by atoms with E-state index in [9.17, 15) is 9.59 Å². The maximum absolute atomic E-state index is 13.9. The monoisotopic (exact) mass is 498 g/mol. The molecule has 3 aromatic carbocycles. The maximum atomic E-state index is 13.9. The summed E-state index contributed by atoms with van der Waals surface area (Å²) in [4.78, 5) is 27.7. The van der Waals surface area contributed by atoms with Gasteiger partial charge in [0.05, 0.1) is 23.2 Å². The Hall–Kier alpha value is -3.77.